The molecule has 0 amide bonds. The summed E-state index contributed by atoms with van der Waals surface area (Å²) < 4.78 is 0. The van der Waals surface area contributed by atoms with Crippen molar-refractivity contribution in [1.82, 2.24) is 4.90 Å². The Morgan fingerprint density at radius 3 is 2.73 bits per heavy atom. The van der Waals surface area contributed by atoms with Gasteiger partial charge in [-0.05, 0) is 46.2 Å². The normalized spacial score (nSPS) is 24.5. The van der Waals surface area contributed by atoms with Gasteiger partial charge in [-0.25, -0.2) is 0 Å². The highest BCUT2D eigenvalue weighted by Gasteiger charge is 2.26. The van der Waals surface area contributed by atoms with Gasteiger partial charge in [0.2, 0.25) is 0 Å². The van der Waals surface area contributed by atoms with Crippen molar-refractivity contribution >= 4 is 0 Å². The molecule has 11 heavy (non-hydrogen) atoms. The van der Waals surface area contributed by atoms with E-state index in [1.165, 1.54) is 12.8 Å². The molecule has 0 aromatic rings. The van der Waals surface area contributed by atoms with Gasteiger partial charge < -0.3 is 4.90 Å². The van der Waals surface area contributed by atoms with E-state index in [0.29, 0.717) is 5.54 Å². The molecule has 0 aliphatic carbocycles. The molecule has 0 aromatic heterocycles. The van der Waals surface area contributed by atoms with E-state index in [4.69, 9.17) is 0 Å². The molecule has 1 heteroatoms. The van der Waals surface area contributed by atoms with Crippen LogP contribution < -0.4 is 0 Å². The molecule has 0 bridgehead atoms. The standard InChI is InChI=1S/C10H18N/c1-4-8-11-9-6-5-7-10(11,2)3/h4,6,8H,5,7,9H2,1-3H3. The fraction of sp³-hybridized carbons (Fsp3) is 0.700. The van der Waals surface area contributed by atoms with Gasteiger partial charge >= 0.3 is 0 Å². The highest BCUT2D eigenvalue weighted by atomic mass is 15.2. The summed E-state index contributed by atoms with van der Waals surface area (Å²) in [5.41, 5.74) is 0.362. The van der Waals surface area contributed by atoms with Crippen LogP contribution in [-0.2, 0) is 0 Å². The van der Waals surface area contributed by atoms with Crippen LogP contribution in [0.2, 0.25) is 0 Å². The van der Waals surface area contributed by atoms with Crippen molar-refractivity contribution in [2.24, 2.45) is 0 Å². The molecule has 0 aromatic carbocycles. The van der Waals surface area contributed by atoms with Crippen LogP contribution in [-0.4, -0.2) is 17.0 Å². The van der Waals surface area contributed by atoms with Crippen LogP contribution in [0.4, 0.5) is 0 Å². The largest absolute Gasteiger partial charge is 0.372 e. The third-order valence-electron chi connectivity index (χ3n) is 2.39. The quantitative estimate of drug-likeness (QED) is 0.558. The Kier molecular flexibility index (Phi) is 2.58. The summed E-state index contributed by atoms with van der Waals surface area (Å²) in [5.74, 6) is 0. The summed E-state index contributed by atoms with van der Waals surface area (Å²) >= 11 is 0. The fourth-order valence-corrected chi connectivity index (χ4v) is 1.52. The predicted molar refractivity (Wildman–Crippen MR) is 49.1 cm³/mol. The summed E-state index contributed by atoms with van der Waals surface area (Å²) in [7, 11) is 0. The Bertz CT molecular complexity index is 147. The molecule has 0 spiro atoms. The SMILES string of the molecule is CC=CN1C[CH]CCC1(C)C. The number of piperidine rings is 1. The van der Waals surface area contributed by atoms with Gasteiger partial charge in [-0.1, -0.05) is 6.08 Å². The molecule has 1 heterocycles. The molecular formula is C10H18N. The highest BCUT2D eigenvalue weighted by molar-refractivity contribution is 4.97. The van der Waals surface area contributed by atoms with Crippen LogP contribution in [0.3, 0.4) is 0 Å². The lowest BCUT2D eigenvalue weighted by atomic mass is 9.91. The minimum Gasteiger partial charge on any atom is -0.372 e. The first-order valence-corrected chi connectivity index (χ1v) is 4.38. The Balaban J connectivity index is 2.59. The van der Waals surface area contributed by atoms with E-state index in [-0.39, 0.29) is 0 Å². The third kappa shape index (κ3) is 1.98. The molecule has 0 saturated carbocycles. The molecule has 63 valence electrons. The number of allylic oxidation sites excluding steroid dienone is 1. The van der Waals surface area contributed by atoms with E-state index in [1.807, 2.05) is 0 Å². The Morgan fingerprint density at radius 2 is 2.18 bits per heavy atom. The number of rotatable bonds is 1. The molecule has 1 fully saturated rings. The van der Waals surface area contributed by atoms with Gasteiger partial charge in [0.1, 0.15) is 0 Å². The number of likely N-dealkylation sites (tertiary alicyclic amines) is 1. The summed E-state index contributed by atoms with van der Waals surface area (Å²) in [6.45, 7) is 7.79. The van der Waals surface area contributed by atoms with Crippen molar-refractivity contribution in [3.8, 4) is 0 Å². The second-order valence-corrected chi connectivity index (χ2v) is 3.77. The van der Waals surface area contributed by atoms with Crippen molar-refractivity contribution in [2.45, 2.75) is 39.2 Å². The summed E-state index contributed by atoms with van der Waals surface area (Å²) in [4.78, 5) is 2.40. The van der Waals surface area contributed by atoms with Gasteiger partial charge in [-0.2, -0.15) is 0 Å². The van der Waals surface area contributed by atoms with Gasteiger partial charge in [0.25, 0.3) is 0 Å². The van der Waals surface area contributed by atoms with Gasteiger partial charge in [0, 0.05) is 12.1 Å². The first-order valence-electron chi connectivity index (χ1n) is 4.38. The molecule has 1 aliphatic rings. The van der Waals surface area contributed by atoms with E-state index in [0.717, 1.165) is 6.54 Å². The minimum absolute atomic E-state index is 0.362. The maximum atomic E-state index is 2.40. The molecule has 1 aliphatic heterocycles. The van der Waals surface area contributed by atoms with Crippen LogP contribution in [0.5, 0.6) is 0 Å². The summed E-state index contributed by atoms with van der Waals surface area (Å²) in [6, 6.07) is 0. The molecule has 1 saturated heterocycles. The summed E-state index contributed by atoms with van der Waals surface area (Å²) in [6.07, 6.45) is 9.19. The Morgan fingerprint density at radius 1 is 1.45 bits per heavy atom. The lowest BCUT2D eigenvalue weighted by Gasteiger charge is -2.41. The average molecular weight is 152 g/mol. The molecule has 0 atom stereocenters. The van der Waals surface area contributed by atoms with E-state index in [9.17, 15) is 0 Å². The zero-order valence-electron chi connectivity index (χ0n) is 7.80. The maximum absolute atomic E-state index is 2.40. The summed E-state index contributed by atoms with van der Waals surface area (Å²) in [5, 5.41) is 0. The van der Waals surface area contributed by atoms with E-state index in [1.54, 1.807) is 0 Å². The lowest BCUT2D eigenvalue weighted by Crippen LogP contribution is -2.43. The van der Waals surface area contributed by atoms with Gasteiger partial charge in [0.05, 0.1) is 0 Å². The first kappa shape index (κ1) is 8.63. The van der Waals surface area contributed by atoms with Gasteiger partial charge in [-0.3, -0.25) is 0 Å². The second-order valence-electron chi connectivity index (χ2n) is 3.77. The van der Waals surface area contributed by atoms with Crippen LogP contribution in [0.1, 0.15) is 33.6 Å². The van der Waals surface area contributed by atoms with Crippen LogP contribution in [0, 0.1) is 6.42 Å². The van der Waals surface area contributed by atoms with E-state index < -0.39 is 0 Å². The lowest BCUT2D eigenvalue weighted by molar-refractivity contribution is 0.158. The van der Waals surface area contributed by atoms with Crippen LogP contribution in [0.25, 0.3) is 0 Å². The van der Waals surface area contributed by atoms with Crippen molar-refractivity contribution in [2.75, 3.05) is 6.54 Å². The smallest absolute Gasteiger partial charge is 0.0340 e. The van der Waals surface area contributed by atoms with E-state index >= 15 is 0 Å². The predicted octanol–water partition coefficient (Wildman–Crippen LogP) is 2.60. The fourth-order valence-electron chi connectivity index (χ4n) is 1.52. The third-order valence-corrected chi connectivity index (χ3v) is 2.39. The zero-order chi connectivity index (χ0) is 8.32. The van der Waals surface area contributed by atoms with Crippen molar-refractivity contribution in [3.63, 3.8) is 0 Å². The topological polar surface area (TPSA) is 3.24 Å². The van der Waals surface area contributed by atoms with Crippen molar-refractivity contribution in [1.29, 1.82) is 0 Å². The highest BCUT2D eigenvalue weighted by Crippen LogP contribution is 2.26. The average Bonchev–Trinajstić information content (AvgIpc) is 1.94. The molecule has 0 unspecified atom stereocenters. The molecule has 0 N–H and O–H groups in total. The Labute approximate surface area is 70.1 Å². The maximum Gasteiger partial charge on any atom is 0.0340 e. The second kappa shape index (κ2) is 3.29. The first-order chi connectivity index (χ1) is 5.17. The van der Waals surface area contributed by atoms with Crippen molar-refractivity contribution in [3.05, 3.63) is 18.7 Å². The van der Waals surface area contributed by atoms with E-state index in [2.05, 4.69) is 44.4 Å². The van der Waals surface area contributed by atoms with Crippen molar-refractivity contribution < 1.29 is 0 Å². The number of hydrogen-bond acceptors (Lipinski definition) is 1. The van der Waals surface area contributed by atoms with Crippen LogP contribution >= 0.6 is 0 Å². The Hall–Kier alpha value is -0.460. The molecular weight excluding hydrogens is 134 g/mol. The van der Waals surface area contributed by atoms with Gasteiger partial charge in [0.15, 0.2) is 0 Å². The monoisotopic (exact) mass is 152 g/mol. The molecule has 1 nitrogen and oxygen atoms in total. The molecule has 1 radical (unpaired) electrons. The minimum atomic E-state index is 0.362. The van der Waals surface area contributed by atoms with Gasteiger partial charge in [-0.15, -0.1) is 0 Å². The van der Waals surface area contributed by atoms with Crippen LogP contribution in [0.15, 0.2) is 12.3 Å². The number of nitrogens with zero attached hydrogens (tertiary/aromatic N) is 1. The number of hydrogen-bond donors (Lipinski definition) is 0. The molecule has 1 rings (SSSR count). The zero-order valence-corrected chi connectivity index (χ0v) is 7.80.